The van der Waals surface area contributed by atoms with Gasteiger partial charge in [-0.3, -0.25) is 0 Å². The van der Waals surface area contributed by atoms with Crippen LogP contribution in [-0.2, 0) is 6.54 Å². The smallest absolute Gasteiger partial charge is 0.226 e. The Bertz CT molecular complexity index is 271. The number of ether oxygens (including phenoxy) is 1. The highest BCUT2D eigenvalue weighted by Gasteiger charge is 2.18. The summed E-state index contributed by atoms with van der Waals surface area (Å²) >= 11 is 3.36. The largest absolute Gasteiger partial charge is 0.477 e. The Balaban J connectivity index is 2.36. The lowest BCUT2D eigenvalue weighted by Crippen LogP contribution is -2.23. The second-order valence-corrected chi connectivity index (χ2v) is 3.75. The summed E-state index contributed by atoms with van der Waals surface area (Å²) in [6.07, 6.45) is 1.77. The Kier molecular flexibility index (Phi) is 1.64. The molecule has 1 aromatic rings. The molecule has 0 saturated carbocycles. The van der Waals surface area contributed by atoms with Gasteiger partial charge in [0.05, 0.1) is 23.8 Å². The minimum absolute atomic E-state index is 0.564. The molecule has 60 valence electrons. The molecule has 0 saturated heterocycles. The van der Waals surface area contributed by atoms with Crippen LogP contribution in [0.4, 0.5) is 0 Å². The summed E-state index contributed by atoms with van der Waals surface area (Å²) in [5.74, 6) is 1.43. The predicted octanol–water partition coefficient (Wildman–Crippen LogP) is 1.67. The van der Waals surface area contributed by atoms with E-state index in [1.54, 1.807) is 6.20 Å². The zero-order valence-corrected chi connectivity index (χ0v) is 7.84. The maximum Gasteiger partial charge on any atom is 0.226 e. The van der Waals surface area contributed by atoms with Crippen molar-refractivity contribution in [1.29, 1.82) is 0 Å². The van der Waals surface area contributed by atoms with E-state index in [0.717, 1.165) is 23.5 Å². The molecular formula is C7H9BrN2O. The Morgan fingerprint density at radius 3 is 3.45 bits per heavy atom. The van der Waals surface area contributed by atoms with Gasteiger partial charge in [-0.15, -0.1) is 0 Å². The fourth-order valence-electron chi connectivity index (χ4n) is 1.19. The molecule has 0 aliphatic carbocycles. The van der Waals surface area contributed by atoms with Gasteiger partial charge in [0.1, 0.15) is 0 Å². The van der Waals surface area contributed by atoms with Gasteiger partial charge in [-0.05, 0) is 15.9 Å². The number of aromatic nitrogens is 2. The van der Waals surface area contributed by atoms with E-state index in [2.05, 4.69) is 28.0 Å². The molecular weight excluding hydrogens is 208 g/mol. The summed E-state index contributed by atoms with van der Waals surface area (Å²) in [6, 6.07) is 0. The summed E-state index contributed by atoms with van der Waals surface area (Å²) in [5.41, 5.74) is 0. The molecule has 11 heavy (non-hydrogen) atoms. The fourth-order valence-corrected chi connectivity index (χ4v) is 1.60. The minimum Gasteiger partial charge on any atom is -0.477 e. The van der Waals surface area contributed by atoms with Gasteiger partial charge >= 0.3 is 0 Å². The number of rotatable bonds is 0. The van der Waals surface area contributed by atoms with E-state index in [1.165, 1.54) is 0 Å². The average molecular weight is 217 g/mol. The molecule has 4 heteroatoms. The lowest BCUT2D eigenvalue weighted by atomic mass is 10.2. The number of fused-ring (bicyclic) bond motifs is 1. The molecule has 3 nitrogen and oxygen atoms in total. The maximum atomic E-state index is 5.46. The Labute approximate surface area is 73.5 Å². The molecule has 1 aliphatic heterocycles. The lowest BCUT2D eigenvalue weighted by Gasteiger charge is -2.20. The number of hydrogen-bond acceptors (Lipinski definition) is 2. The highest BCUT2D eigenvalue weighted by atomic mass is 79.9. The van der Waals surface area contributed by atoms with E-state index in [0.29, 0.717) is 5.92 Å². The molecule has 0 N–H and O–H groups in total. The standard InChI is InChI=1S/C7H9BrN2O/c1-5-3-10-7(11-4-5)6(8)2-9-10/h2,5H,3-4H2,1H3/t5-/m1/s1. The molecule has 0 fully saturated rings. The van der Waals surface area contributed by atoms with Gasteiger partial charge in [0.15, 0.2) is 0 Å². The first kappa shape index (κ1) is 7.16. The topological polar surface area (TPSA) is 27.1 Å². The second kappa shape index (κ2) is 2.52. The molecule has 0 spiro atoms. The van der Waals surface area contributed by atoms with Crippen molar-refractivity contribution in [3.05, 3.63) is 10.7 Å². The van der Waals surface area contributed by atoms with Gasteiger partial charge in [-0.1, -0.05) is 6.92 Å². The molecule has 0 amide bonds. The molecule has 0 unspecified atom stereocenters. The van der Waals surface area contributed by atoms with Gasteiger partial charge in [0, 0.05) is 5.92 Å². The zero-order valence-electron chi connectivity index (χ0n) is 6.25. The van der Waals surface area contributed by atoms with Crippen molar-refractivity contribution < 1.29 is 4.74 Å². The highest BCUT2D eigenvalue weighted by Crippen LogP contribution is 2.28. The van der Waals surface area contributed by atoms with Crippen molar-refractivity contribution in [2.45, 2.75) is 13.5 Å². The van der Waals surface area contributed by atoms with Crippen molar-refractivity contribution in [2.24, 2.45) is 5.92 Å². The van der Waals surface area contributed by atoms with Crippen molar-refractivity contribution in [1.82, 2.24) is 9.78 Å². The molecule has 1 aromatic heterocycles. The molecule has 0 aromatic carbocycles. The zero-order chi connectivity index (χ0) is 7.84. The number of halogens is 1. The van der Waals surface area contributed by atoms with E-state index in [9.17, 15) is 0 Å². The third-order valence-corrected chi connectivity index (χ3v) is 2.28. The van der Waals surface area contributed by atoms with E-state index >= 15 is 0 Å². The molecule has 1 aliphatic rings. The predicted molar refractivity (Wildman–Crippen MR) is 44.6 cm³/mol. The molecule has 0 bridgehead atoms. The quantitative estimate of drug-likeness (QED) is 0.660. The molecule has 2 rings (SSSR count). The second-order valence-electron chi connectivity index (χ2n) is 2.90. The Morgan fingerprint density at radius 1 is 1.82 bits per heavy atom. The summed E-state index contributed by atoms with van der Waals surface area (Å²) in [4.78, 5) is 0. The van der Waals surface area contributed by atoms with Crippen LogP contribution in [0.15, 0.2) is 10.7 Å². The molecule has 0 radical (unpaired) electrons. The van der Waals surface area contributed by atoms with Crippen molar-refractivity contribution >= 4 is 15.9 Å². The van der Waals surface area contributed by atoms with Crippen LogP contribution in [0.1, 0.15) is 6.92 Å². The minimum atomic E-state index is 0.564. The first-order valence-corrected chi connectivity index (χ1v) is 4.41. The van der Waals surface area contributed by atoms with Crippen LogP contribution in [0.2, 0.25) is 0 Å². The average Bonchev–Trinajstić information content (AvgIpc) is 2.32. The first-order chi connectivity index (χ1) is 5.27. The number of hydrogen-bond donors (Lipinski definition) is 0. The van der Waals surface area contributed by atoms with E-state index in [4.69, 9.17) is 4.74 Å². The normalized spacial score (nSPS) is 22.5. The van der Waals surface area contributed by atoms with Crippen LogP contribution < -0.4 is 4.74 Å². The Hall–Kier alpha value is -0.510. The van der Waals surface area contributed by atoms with E-state index < -0.39 is 0 Å². The van der Waals surface area contributed by atoms with Gasteiger partial charge in [-0.25, -0.2) is 4.68 Å². The molecule has 1 atom stereocenters. The van der Waals surface area contributed by atoms with E-state index in [1.807, 2.05) is 4.68 Å². The summed E-state index contributed by atoms with van der Waals surface area (Å²) in [5, 5.41) is 4.15. The van der Waals surface area contributed by atoms with Gasteiger partial charge in [-0.2, -0.15) is 5.10 Å². The third-order valence-electron chi connectivity index (χ3n) is 1.74. The maximum absolute atomic E-state index is 5.46. The van der Waals surface area contributed by atoms with Crippen LogP contribution in [0.25, 0.3) is 0 Å². The van der Waals surface area contributed by atoms with Crippen LogP contribution >= 0.6 is 15.9 Å². The first-order valence-electron chi connectivity index (χ1n) is 3.61. The number of nitrogens with zero attached hydrogens (tertiary/aromatic N) is 2. The Morgan fingerprint density at radius 2 is 2.64 bits per heavy atom. The summed E-state index contributed by atoms with van der Waals surface area (Å²) in [6.45, 7) is 3.91. The van der Waals surface area contributed by atoms with Crippen LogP contribution in [-0.4, -0.2) is 16.4 Å². The van der Waals surface area contributed by atoms with E-state index in [-0.39, 0.29) is 0 Å². The van der Waals surface area contributed by atoms with Crippen LogP contribution in [0, 0.1) is 5.92 Å². The van der Waals surface area contributed by atoms with Crippen molar-refractivity contribution in [2.75, 3.05) is 6.61 Å². The van der Waals surface area contributed by atoms with Crippen LogP contribution in [0.3, 0.4) is 0 Å². The van der Waals surface area contributed by atoms with Gasteiger partial charge in [0.2, 0.25) is 5.88 Å². The third kappa shape index (κ3) is 1.15. The lowest BCUT2D eigenvalue weighted by molar-refractivity contribution is 0.174. The van der Waals surface area contributed by atoms with Gasteiger partial charge in [0.25, 0.3) is 0 Å². The highest BCUT2D eigenvalue weighted by molar-refractivity contribution is 9.10. The van der Waals surface area contributed by atoms with Crippen molar-refractivity contribution in [3.8, 4) is 5.88 Å². The van der Waals surface area contributed by atoms with Crippen LogP contribution in [0.5, 0.6) is 5.88 Å². The summed E-state index contributed by atoms with van der Waals surface area (Å²) in [7, 11) is 0. The fraction of sp³-hybridized carbons (Fsp3) is 0.571. The monoisotopic (exact) mass is 216 g/mol. The SMILES string of the molecule is C[C@H]1COc2c(Br)cnn2C1. The summed E-state index contributed by atoms with van der Waals surface area (Å²) < 4.78 is 8.30. The van der Waals surface area contributed by atoms with Crippen molar-refractivity contribution in [3.63, 3.8) is 0 Å². The molecule has 2 heterocycles. The van der Waals surface area contributed by atoms with Gasteiger partial charge < -0.3 is 4.74 Å².